The second-order valence-electron chi connectivity index (χ2n) is 10.4. The Bertz CT molecular complexity index is 1620. The summed E-state index contributed by atoms with van der Waals surface area (Å²) in [4.78, 5) is 18.9. The van der Waals surface area contributed by atoms with Gasteiger partial charge in [0.25, 0.3) is 0 Å². The van der Waals surface area contributed by atoms with Crippen molar-refractivity contribution in [2.75, 3.05) is 10.7 Å². The molecule has 0 N–H and O–H groups in total. The highest BCUT2D eigenvalue weighted by atomic mass is 32.2. The lowest BCUT2D eigenvalue weighted by molar-refractivity contribution is -0.274. The van der Waals surface area contributed by atoms with Crippen LogP contribution in [-0.2, 0) is 10.2 Å². The molecule has 42 heavy (non-hydrogen) atoms. The number of alkyl halides is 3. The average molecular weight is 593 g/mol. The van der Waals surface area contributed by atoms with Crippen molar-refractivity contribution in [2.24, 2.45) is 10.2 Å². The summed E-state index contributed by atoms with van der Waals surface area (Å²) in [6, 6.07) is 20.6. The Morgan fingerprint density at radius 1 is 0.976 bits per heavy atom. The Hall–Kier alpha value is -4.45. The van der Waals surface area contributed by atoms with Gasteiger partial charge in [-0.3, -0.25) is 9.69 Å². The van der Waals surface area contributed by atoms with Crippen LogP contribution in [0.3, 0.4) is 0 Å². The molecule has 1 fully saturated rings. The maximum atomic E-state index is 13.0. The molecule has 1 amide bonds. The van der Waals surface area contributed by atoms with E-state index in [-0.39, 0.29) is 17.1 Å². The summed E-state index contributed by atoms with van der Waals surface area (Å²) in [5.74, 6) is 0.757. The molecule has 0 aliphatic carbocycles. The van der Waals surface area contributed by atoms with E-state index >= 15 is 0 Å². The zero-order valence-electron chi connectivity index (χ0n) is 23.0. The first-order valence-corrected chi connectivity index (χ1v) is 14.0. The number of hydrogen-bond acceptors (Lipinski definition) is 7. The standard InChI is InChI=1S/C30H27F3N6O2S/c1-29(2,3)24-6-4-5-7-25(24)39-26(40)16-17-42-28(39)36-35-18-20-8-10-21(11-9-20)27-34-19-38(37-27)22-12-14-23(15-13-22)41-30(31,32)33/h4-15,18-19H,16-17H2,1-3H3. The summed E-state index contributed by atoms with van der Waals surface area (Å²) in [5.41, 5.74) is 3.78. The molecule has 0 bridgehead atoms. The molecule has 1 aromatic heterocycles. The van der Waals surface area contributed by atoms with Crippen molar-refractivity contribution in [3.8, 4) is 22.8 Å². The Kier molecular flexibility index (Phi) is 8.17. The number of aromatic nitrogens is 3. The number of rotatable bonds is 6. The number of thioether (sulfide) groups is 1. The van der Waals surface area contributed by atoms with Crippen molar-refractivity contribution in [3.63, 3.8) is 0 Å². The fourth-order valence-corrected chi connectivity index (χ4v) is 5.20. The second kappa shape index (κ2) is 11.8. The molecule has 1 saturated heterocycles. The average Bonchev–Trinajstić information content (AvgIpc) is 3.43. The number of amidine groups is 1. The molecule has 216 valence electrons. The molecule has 8 nitrogen and oxygen atoms in total. The molecule has 0 spiro atoms. The van der Waals surface area contributed by atoms with Gasteiger partial charge in [-0.1, -0.05) is 75.0 Å². The molecule has 0 radical (unpaired) electrons. The van der Waals surface area contributed by atoms with Crippen molar-refractivity contribution in [1.82, 2.24) is 14.8 Å². The minimum atomic E-state index is -4.75. The van der Waals surface area contributed by atoms with Crippen molar-refractivity contribution in [2.45, 2.75) is 39.0 Å². The normalized spacial score (nSPS) is 15.5. The fourth-order valence-electron chi connectivity index (χ4n) is 4.31. The molecule has 0 saturated carbocycles. The highest BCUT2D eigenvalue weighted by Gasteiger charge is 2.32. The van der Waals surface area contributed by atoms with Crippen LogP contribution in [0.4, 0.5) is 18.9 Å². The van der Waals surface area contributed by atoms with E-state index in [0.717, 1.165) is 22.4 Å². The number of para-hydroxylation sites is 1. The number of carbonyl (C=O) groups is 1. The molecule has 1 aliphatic heterocycles. The van der Waals surface area contributed by atoms with Gasteiger partial charge in [-0.15, -0.1) is 23.4 Å². The van der Waals surface area contributed by atoms with E-state index < -0.39 is 6.36 Å². The molecule has 0 unspecified atom stereocenters. The maximum absolute atomic E-state index is 13.0. The number of benzene rings is 3. The first-order chi connectivity index (χ1) is 20.0. The Morgan fingerprint density at radius 3 is 2.38 bits per heavy atom. The molecule has 0 atom stereocenters. The minimum absolute atomic E-state index is 0.0127. The van der Waals surface area contributed by atoms with E-state index in [1.54, 1.807) is 11.1 Å². The molecule has 3 aromatic carbocycles. The van der Waals surface area contributed by atoms with Gasteiger partial charge in [0.1, 0.15) is 12.1 Å². The van der Waals surface area contributed by atoms with Crippen LogP contribution in [0.5, 0.6) is 5.75 Å². The van der Waals surface area contributed by atoms with Crippen molar-refractivity contribution in [3.05, 3.63) is 90.3 Å². The molecule has 2 heterocycles. The largest absolute Gasteiger partial charge is 0.573 e. The molecule has 4 aromatic rings. The second-order valence-corrected chi connectivity index (χ2v) is 11.5. The quantitative estimate of drug-likeness (QED) is 0.178. The highest BCUT2D eigenvalue weighted by Crippen LogP contribution is 2.35. The van der Waals surface area contributed by atoms with Gasteiger partial charge in [0.15, 0.2) is 11.0 Å². The number of carbonyl (C=O) groups excluding carboxylic acids is 1. The van der Waals surface area contributed by atoms with Gasteiger partial charge in [-0.05, 0) is 46.9 Å². The summed E-state index contributed by atoms with van der Waals surface area (Å²) < 4.78 is 42.6. The van der Waals surface area contributed by atoms with Crippen molar-refractivity contribution in [1.29, 1.82) is 0 Å². The number of halogens is 3. The molecule has 12 heteroatoms. The van der Waals surface area contributed by atoms with Gasteiger partial charge < -0.3 is 4.74 Å². The van der Waals surface area contributed by atoms with E-state index in [4.69, 9.17) is 0 Å². The van der Waals surface area contributed by atoms with E-state index in [2.05, 4.69) is 45.8 Å². The topological polar surface area (TPSA) is 85.0 Å². The maximum Gasteiger partial charge on any atom is 0.573 e. The summed E-state index contributed by atoms with van der Waals surface area (Å²) in [7, 11) is 0. The summed E-state index contributed by atoms with van der Waals surface area (Å²) in [5, 5.41) is 13.6. The van der Waals surface area contributed by atoms with Gasteiger partial charge in [-0.2, -0.15) is 5.10 Å². The van der Waals surface area contributed by atoms with Crippen LogP contribution in [0.15, 0.2) is 89.3 Å². The van der Waals surface area contributed by atoms with Crippen LogP contribution in [0.25, 0.3) is 17.1 Å². The number of hydrogen-bond donors (Lipinski definition) is 0. The fraction of sp³-hybridized carbons (Fsp3) is 0.233. The summed E-state index contributed by atoms with van der Waals surface area (Å²) >= 11 is 1.49. The van der Waals surface area contributed by atoms with Crippen LogP contribution in [0.2, 0.25) is 0 Å². The lowest BCUT2D eigenvalue weighted by Crippen LogP contribution is -2.40. The molecular formula is C30H27F3N6O2S. The number of anilines is 1. The molecular weight excluding hydrogens is 565 g/mol. The minimum Gasteiger partial charge on any atom is -0.406 e. The third-order valence-electron chi connectivity index (χ3n) is 6.29. The Morgan fingerprint density at radius 2 is 1.69 bits per heavy atom. The van der Waals surface area contributed by atoms with E-state index in [9.17, 15) is 18.0 Å². The smallest absolute Gasteiger partial charge is 0.406 e. The molecule has 5 rings (SSSR count). The number of amides is 1. The van der Waals surface area contributed by atoms with Crippen LogP contribution in [0, 0.1) is 0 Å². The van der Waals surface area contributed by atoms with Crippen LogP contribution < -0.4 is 9.64 Å². The van der Waals surface area contributed by atoms with Gasteiger partial charge >= 0.3 is 6.36 Å². The van der Waals surface area contributed by atoms with E-state index in [0.29, 0.717) is 28.9 Å². The molecule has 1 aliphatic rings. The zero-order chi connectivity index (χ0) is 29.9. The third-order valence-corrected chi connectivity index (χ3v) is 7.22. The third kappa shape index (κ3) is 6.88. The Labute approximate surface area is 244 Å². The van der Waals surface area contributed by atoms with Crippen molar-refractivity contribution >= 4 is 34.7 Å². The van der Waals surface area contributed by atoms with Crippen LogP contribution >= 0.6 is 11.8 Å². The van der Waals surface area contributed by atoms with E-state index in [1.165, 1.54) is 47.0 Å². The van der Waals surface area contributed by atoms with Gasteiger partial charge in [0.05, 0.1) is 17.6 Å². The summed E-state index contributed by atoms with van der Waals surface area (Å²) in [6.07, 6.45) is -1.23. The Balaban J connectivity index is 1.30. The number of nitrogens with zero attached hydrogens (tertiary/aromatic N) is 6. The lowest BCUT2D eigenvalue weighted by Gasteiger charge is -2.32. The summed E-state index contributed by atoms with van der Waals surface area (Å²) in [6.45, 7) is 6.33. The predicted molar refractivity (Wildman–Crippen MR) is 158 cm³/mol. The van der Waals surface area contributed by atoms with E-state index in [1.807, 2.05) is 48.5 Å². The SMILES string of the molecule is CC(C)(C)c1ccccc1N1C(=O)CCSC1=NN=Cc1ccc(-c2ncn(-c3ccc(OC(F)(F)F)cc3)n2)cc1. The first-order valence-electron chi connectivity index (χ1n) is 13.0. The van der Waals surface area contributed by atoms with Gasteiger partial charge in [-0.25, -0.2) is 9.67 Å². The van der Waals surface area contributed by atoms with Crippen molar-refractivity contribution < 1.29 is 22.7 Å². The highest BCUT2D eigenvalue weighted by molar-refractivity contribution is 8.14. The predicted octanol–water partition coefficient (Wildman–Crippen LogP) is 6.99. The van der Waals surface area contributed by atoms with Crippen LogP contribution in [-0.4, -0.2) is 44.2 Å². The lowest BCUT2D eigenvalue weighted by atomic mass is 9.85. The first kappa shape index (κ1) is 29.1. The van der Waals surface area contributed by atoms with Gasteiger partial charge in [0.2, 0.25) is 5.91 Å². The van der Waals surface area contributed by atoms with Crippen LogP contribution in [0.1, 0.15) is 38.3 Å². The zero-order valence-corrected chi connectivity index (χ0v) is 23.9. The number of ether oxygens (including phenoxy) is 1. The van der Waals surface area contributed by atoms with Gasteiger partial charge in [0, 0.05) is 17.7 Å². The monoisotopic (exact) mass is 592 g/mol.